The molecular formula is C18H26N2O3. The van der Waals surface area contributed by atoms with E-state index in [0.717, 1.165) is 38.0 Å². The molecule has 0 bridgehead atoms. The standard InChI is InChI=1S/C18H26N2O3/c1-18(2,22)12-20-9-8-14-13(11-20)5-3-6-15(14)19-17(21)16-7-4-10-23-16/h3,5-6,16,22H,4,7-12H2,1-2H3,(H,19,21)/t16-/m0/s1. The number of carbonyl (C=O) groups excluding carboxylic acids is 1. The second kappa shape index (κ2) is 6.59. The van der Waals surface area contributed by atoms with Crippen LogP contribution in [-0.4, -0.2) is 47.3 Å². The zero-order chi connectivity index (χ0) is 16.4. The average Bonchev–Trinajstić information content (AvgIpc) is 2.99. The fraction of sp³-hybridized carbons (Fsp3) is 0.611. The van der Waals surface area contributed by atoms with Crippen molar-refractivity contribution in [3.8, 4) is 0 Å². The molecule has 0 unspecified atom stereocenters. The molecule has 1 atom stereocenters. The molecule has 1 aromatic carbocycles. The number of nitrogens with one attached hydrogen (secondary N) is 1. The number of fused-ring (bicyclic) bond motifs is 1. The molecule has 2 aliphatic heterocycles. The number of anilines is 1. The molecule has 0 aliphatic carbocycles. The van der Waals surface area contributed by atoms with Crippen LogP contribution in [0.15, 0.2) is 18.2 Å². The number of nitrogens with zero attached hydrogens (tertiary/aromatic N) is 1. The highest BCUT2D eigenvalue weighted by Crippen LogP contribution is 2.27. The highest BCUT2D eigenvalue weighted by atomic mass is 16.5. The minimum atomic E-state index is -0.691. The summed E-state index contributed by atoms with van der Waals surface area (Å²) in [5.74, 6) is -0.0326. The van der Waals surface area contributed by atoms with Gasteiger partial charge in [-0.3, -0.25) is 9.69 Å². The maximum atomic E-state index is 12.3. The van der Waals surface area contributed by atoms with E-state index in [1.165, 1.54) is 11.1 Å². The van der Waals surface area contributed by atoms with Gasteiger partial charge in [0.25, 0.3) is 5.91 Å². The summed E-state index contributed by atoms with van der Waals surface area (Å²) in [6.07, 6.45) is 2.34. The molecule has 5 heteroatoms. The van der Waals surface area contributed by atoms with E-state index >= 15 is 0 Å². The summed E-state index contributed by atoms with van der Waals surface area (Å²) in [5, 5.41) is 13.0. The van der Waals surface area contributed by atoms with Crippen molar-refractivity contribution in [3.05, 3.63) is 29.3 Å². The largest absolute Gasteiger partial charge is 0.389 e. The van der Waals surface area contributed by atoms with Gasteiger partial charge in [0.2, 0.25) is 0 Å². The summed E-state index contributed by atoms with van der Waals surface area (Å²) < 4.78 is 5.45. The first-order valence-corrected chi connectivity index (χ1v) is 8.40. The molecule has 0 spiro atoms. The number of ether oxygens (including phenoxy) is 1. The van der Waals surface area contributed by atoms with Crippen LogP contribution in [-0.2, 0) is 22.5 Å². The Morgan fingerprint density at radius 3 is 3.00 bits per heavy atom. The van der Waals surface area contributed by atoms with Crippen molar-refractivity contribution < 1.29 is 14.6 Å². The zero-order valence-corrected chi connectivity index (χ0v) is 14.0. The maximum Gasteiger partial charge on any atom is 0.253 e. The van der Waals surface area contributed by atoms with Crippen molar-refractivity contribution in [2.24, 2.45) is 0 Å². The molecule has 3 rings (SSSR count). The molecule has 2 N–H and O–H groups in total. The summed E-state index contributed by atoms with van der Waals surface area (Å²) in [4.78, 5) is 14.5. The van der Waals surface area contributed by atoms with Gasteiger partial charge >= 0.3 is 0 Å². The molecular weight excluding hydrogens is 292 g/mol. The molecule has 0 saturated carbocycles. The number of hydrogen-bond donors (Lipinski definition) is 2. The summed E-state index contributed by atoms with van der Waals surface area (Å²) in [6, 6.07) is 6.06. The Morgan fingerprint density at radius 1 is 1.48 bits per heavy atom. The van der Waals surface area contributed by atoms with E-state index < -0.39 is 5.60 Å². The predicted octanol–water partition coefficient (Wildman–Crippen LogP) is 1.93. The summed E-state index contributed by atoms with van der Waals surface area (Å²) in [5.41, 5.74) is 2.66. The lowest BCUT2D eigenvalue weighted by atomic mass is 9.96. The first-order chi connectivity index (χ1) is 10.9. The van der Waals surface area contributed by atoms with Crippen LogP contribution in [0, 0.1) is 0 Å². The Labute approximate surface area is 137 Å². The number of benzene rings is 1. The Balaban J connectivity index is 1.70. The van der Waals surface area contributed by atoms with Crippen LogP contribution in [0.3, 0.4) is 0 Å². The molecule has 2 aliphatic rings. The lowest BCUT2D eigenvalue weighted by Crippen LogP contribution is -2.41. The van der Waals surface area contributed by atoms with Gasteiger partial charge in [-0.15, -0.1) is 0 Å². The maximum absolute atomic E-state index is 12.3. The van der Waals surface area contributed by atoms with Crippen LogP contribution in [0.1, 0.15) is 37.8 Å². The monoisotopic (exact) mass is 318 g/mol. The number of amides is 1. The van der Waals surface area contributed by atoms with Crippen molar-refractivity contribution in [3.63, 3.8) is 0 Å². The Bertz CT molecular complexity index is 574. The summed E-state index contributed by atoms with van der Waals surface area (Å²) in [7, 11) is 0. The second-order valence-corrected chi connectivity index (χ2v) is 7.21. The fourth-order valence-electron chi connectivity index (χ4n) is 3.46. The van der Waals surface area contributed by atoms with Crippen molar-refractivity contribution in [2.45, 2.75) is 51.4 Å². The highest BCUT2D eigenvalue weighted by Gasteiger charge is 2.27. The minimum absolute atomic E-state index is 0.0326. The molecule has 1 aromatic rings. The molecule has 2 heterocycles. The smallest absolute Gasteiger partial charge is 0.253 e. The van der Waals surface area contributed by atoms with Crippen LogP contribution in [0.4, 0.5) is 5.69 Å². The van der Waals surface area contributed by atoms with Gasteiger partial charge in [-0.1, -0.05) is 12.1 Å². The number of hydrogen-bond acceptors (Lipinski definition) is 4. The van der Waals surface area contributed by atoms with Gasteiger partial charge in [0.1, 0.15) is 6.10 Å². The van der Waals surface area contributed by atoms with Crippen LogP contribution in [0.25, 0.3) is 0 Å². The van der Waals surface area contributed by atoms with Crippen molar-refractivity contribution in [1.82, 2.24) is 4.90 Å². The van der Waals surface area contributed by atoms with Gasteiger partial charge in [-0.2, -0.15) is 0 Å². The lowest BCUT2D eigenvalue weighted by Gasteiger charge is -2.33. The number of rotatable bonds is 4. The molecule has 23 heavy (non-hydrogen) atoms. The first kappa shape index (κ1) is 16.4. The van der Waals surface area contributed by atoms with Gasteiger partial charge < -0.3 is 15.2 Å². The SMILES string of the molecule is CC(C)(O)CN1CCc2c(cccc2NC(=O)[C@@H]2CCCO2)C1. The molecule has 5 nitrogen and oxygen atoms in total. The third-order valence-corrected chi connectivity index (χ3v) is 4.44. The van der Waals surface area contributed by atoms with Gasteiger partial charge in [-0.25, -0.2) is 0 Å². The van der Waals surface area contributed by atoms with E-state index in [2.05, 4.69) is 16.3 Å². The van der Waals surface area contributed by atoms with E-state index in [4.69, 9.17) is 4.74 Å². The summed E-state index contributed by atoms with van der Waals surface area (Å²) in [6.45, 7) is 6.70. The quantitative estimate of drug-likeness (QED) is 0.890. The number of β-amino-alcohol motifs (C(OH)–C–C–N with tert-alkyl or cyclic N) is 1. The van der Waals surface area contributed by atoms with E-state index in [1.54, 1.807) is 0 Å². The lowest BCUT2D eigenvalue weighted by molar-refractivity contribution is -0.124. The molecule has 0 radical (unpaired) electrons. The predicted molar refractivity (Wildman–Crippen MR) is 89.3 cm³/mol. The van der Waals surface area contributed by atoms with Crippen LogP contribution < -0.4 is 5.32 Å². The number of carbonyl (C=O) groups is 1. The molecule has 1 saturated heterocycles. The fourth-order valence-corrected chi connectivity index (χ4v) is 3.46. The third-order valence-electron chi connectivity index (χ3n) is 4.44. The van der Waals surface area contributed by atoms with Crippen LogP contribution in [0.5, 0.6) is 0 Å². The van der Waals surface area contributed by atoms with E-state index in [-0.39, 0.29) is 12.0 Å². The number of aliphatic hydroxyl groups is 1. The van der Waals surface area contributed by atoms with E-state index in [9.17, 15) is 9.90 Å². The van der Waals surface area contributed by atoms with E-state index in [1.807, 2.05) is 26.0 Å². The minimum Gasteiger partial charge on any atom is -0.389 e. The van der Waals surface area contributed by atoms with Crippen molar-refractivity contribution >= 4 is 11.6 Å². The molecule has 0 aromatic heterocycles. The Morgan fingerprint density at radius 2 is 2.30 bits per heavy atom. The molecule has 1 amide bonds. The second-order valence-electron chi connectivity index (χ2n) is 7.21. The van der Waals surface area contributed by atoms with E-state index in [0.29, 0.717) is 13.2 Å². The topological polar surface area (TPSA) is 61.8 Å². The van der Waals surface area contributed by atoms with Crippen LogP contribution >= 0.6 is 0 Å². The first-order valence-electron chi connectivity index (χ1n) is 8.40. The normalized spacial score (nSPS) is 22.0. The zero-order valence-electron chi connectivity index (χ0n) is 14.0. The Hall–Kier alpha value is -1.43. The van der Waals surface area contributed by atoms with Crippen molar-refractivity contribution in [1.29, 1.82) is 0 Å². The molecule has 1 fully saturated rings. The molecule has 126 valence electrons. The van der Waals surface area contributed by atoms with Gasteiger partial charge in [-0.05, 0) is 50.3 Å². The van der Waals surface area contributed by atoms with Crippen LogP contribution in [0.2, 0.25) is 0 Å². The van der Waals surface area contributed by atoms with Gasteiger partial charge in [0, 0.05) is 31.9 Å². The summed E-state index contributed by atoms with van der Waals surface area (Å²) >= 11 is 0. The Kier molecular flexibility index (Phi) is 4.71. The van der Waals surface area contributed by atoms with Crippen molar-refractivity contribution in [2.75, 3.05) is 25.0 Å². The third kappa shape index (κ3) is 4.10. The van der Waals surface area contributed by atoms with Gasteiger partial charge in [0.05, 0.1) is 5.60 Å². The van der Waals surface area contributed by atoms with Gasteiger partial charge in [0.15, 0.2) is 0 Å². The highest BCUT2D eigenvalue weighted by molar-refractivity contribution is 5.95. The average molecular weight is 318 g/mol.